The molecule has 1 nitrogen and oxygen atoms in total. The first-order valence-corrected chi connectivity index (χ1v) is 10.5. The van der Waals surface area contributed by atoms with E-state index in [-0.39, 0.29) is 17.9 Å². The van der Waals surface area contributed by atoms with Crippen molar-refractivity contribution in [1.82, 2.24) is 0 Å². The van der Waals surface area contributed by atoms with E-state index in [2.05, 4.69) is 0 Å². The summed E-state index contributed by atoms with van der Waals surface area (Å²) in [6, 6.07) is 3.62. The Kier molecular flexibility index (Phi) is 7.40. The zero-order chi connectivity index (χ0) is 19.2. The molecule has 0 bridgehead atoms. The van der Waals surface area contributed by atoms with Gasteiger partial charge in [0.05, 0.1) is 6.10 Å². The summed E-state index contributed by atoms with van der Waals surface area (Å²) in [5, 5.41) is 0. The van der Waals surface area contributed by atoms with Crippen molar-refractivity contribution in [3.63, 3.8) is 0 Å². The van der Waals surface area contributed by atoms with Gasteiger partial charge >= 0.3 is 0 Å². The van der Waals surface area contributed by atoms with Crippen molar-refractivity contribution >= 4 is 0 Å². The second kappa shape index (κ2) is 9.77. The Hall–Kier alpha value is -1.29. The lowest BCUT2D eigenvalue weighted by Gasteiger charge is -2.30. The van der Waals surface area contributed by atoms with Crippen LogP contribution in [-0.2, 0) is 4.74 Å². The molecular formula is C23H31F3O. The molecule has 4 heteroatoms. The maximum atomic E-state index is 14.8. The van der Waals surface area contributed by atoms with Gasteiger partial charge in [0.1, 0.15) is 6.67 Å². The minimum absolute atomic E-state index is 0.0669. The molecule has 150 valence electrons. The molecule has 2 saturated carbocycles. The van der Waals surface area contributed by atoms with E-state index < -0.39 is 18.3 Å². The second-order valence-electron chi connectivity index (χ2n) is 8.00. The highest BCUT2D eigenvalue weighted by Crippen LogP contribution is 2.41. The number of benzene rings is 1. The second-order valence-corrected chi connectivity index (χ2v) is 8.00. The molecule has 2 fully saturated rings. The number of ether oxygens (including phenoxy) is 1. The van der Waals surface area contributed by atoms with Crippen LogP contribution in [0, 0.1) is 17.6 Å². The molecule has 0 saturated heterocycles. The lowest BCUT2D eigenvalue weighted by Crippen LogP contribution is -2.21. The minimum Gasteiger partial charge on any atom is -0.379 e. The van der Waals surface area contributed by atoms with E-state index in [0.717, 1.165) is 51.4 Å². The summed E-state index contributed by atoms with van der Waals surface area (Å²) >= 11 is 0. The van der Waals surface area contributed by atoms with Crippen molar-refractivity contribution in [3.8, 4) is 0 Å². The van der Waals surface area contributed by atoms with E-state index in [0.29, 0.717) is 23.7 Å². The fourth-order valence-electron chi connectivity index (χ4n) is 4.85. The van der Waals surface area contributed by atoms with Crippen molar-refractivity contribution in [2.75, 3.05) is 13.3 Å². The number of alkyl halides is 1. The average Bonchev–Trinajstić information content (AvgIpc) is 2.70. The molecule has 27 heavy (non-hydrogen) atoms. The lowest BCUT2D eigenvalue weighted by molar-refractivity contribution is 0.0325. The molecule has 0 spiro atoms. The van der Waals surface area contributed by atoms with Crippen LogP contribution in [0.1, 0.15) is 81.3 Å². The van der Waals surface area contributed by atoms with Gasteiger partial charge in [0, 0.05) is 6.61 Å². The molecule has 0 aliphatic heterocycles. The highest BCUT2D eigenvalue weighted by Gasteiger charge is 2.29. The van der Waals surface area contributed by atoms with Crippen LogP contribution in [0.15, 0.2) is 24.3 Å². The highest BCUT2D eigenvalue weighted by atomic mass is 19.2. The van der Waals surface area contributed by atoms with Crippen LogP contribution in [0.2, 0.25) is 0 Å². The third-order valence-corrected chi connectivity index (χ3v) is 6.37. The van der Waals surface area contributed by atoms with Crippen molar-refractivity contribution < 1.29 is 17.9 Å². The summed E-state index contributed by atoms with van der Waals surface area (Å²) in [5.41, 5.74) is 1.05. The standard InChI is InChI=1S/C23H31F3O/c1-2-27-19-11-9-18(10-12-19)21-14-13-20(22(25)23(21)26)17-7-5-16(6-8-17)4-3-15-24/h3-4,13-14,16-19H,2,5-12,15H2,1H3/b4-3+. The van der Waals surface area contributed by atoms with Crippen LogP contribution in [-0.4, -0.2) is 19.4 Å². The van der Waals surface area contributed by atoms with Crippen LogP contribution >= 0.6 is 0 Å². The first-order valence-electron chi connectivity index (χ1n) is 10.5. The fourth-order valence-corrected chi connectivity index (χ4v) is 4.85. The smallest absolute Gasteiger partial charge is 0.162 e. The first-order chi connectivity index (χ1) is 13.1. The quantitative estimate of drug-likeness (QED) is 0.492. The molecule has 0 radical (unpaired) electrons. The summed E-state index contributed by atoms with van der Waals surface area (Å²) < 4.78 is 47.6. The third kappa shape index (κ3) is 4.96. The molecule has 2 aliphatic carbocycles. The highest BCUT2D eigenvalue weighted by molar-refractivity contribution is 5.32. The minimum atomic E-state index is -0.651. The molecule has 0 N–H and O–H groups in total. The van der Waals surface area contributed by atoms with E-state index in [4.69, 9.17) is 4.74 Å². The van der Waals surface area contributed by atoms with Gasteiger partial charge in [-0.3, -0.25) is 0 Å². The Bertz CT molecular complexity index is 627. The van der Waals surface area contributed by atoms with E-state index >= 15 is 0 Å². The van der Waals surface area contributed by atoms with Crippen LogP contribution in [0.3, 0.4) is 0 Å². The molecule has 0 heterocycles. The SMILES string of the molecule is CCOC1CCC(c2ccc(C3CCC(/C=C/CF)CC3)c(F)c2F)CC1. The zero-order valence-electron chi connectivity index (χ0n) is 16.2. The van der Waals surface area contributed by atoms with E-state index in [1.54, 1.807) is 6.08 Å². The molecule has 0 atom stereocenters. The number of halogens is 3. The summed E-state index contributed by atoms with van der Waals surface area (Å²) in [4.78, 5) is 0. The monoisotopic (exact) mass is 380 g/mol. The summed E-state index contributed by atoms with van der Waals surface area (Å²) in [7, 11) is 0. The topological polar surface area (TPSA) is 9.23 Å². The molecule has 3 rings (SSSR count). The Balaban J connectivity index is 1.65. The summed E-state index contributed by atoms with van der Waals surface area (Å²) in [6.45, 7) is 2.26. The van der Waals surface area contributed by atoms with Crippen molar-refractivity contribution in [2.24, 2.45) is 5.92 Å². The van der Waals surface area contributed by atoms with Gasteiger partial charge in [-0.1, -0.05) is 24.3 Å². The normalized spacial score (nSPS) is 29.3. The van der Waals surface area contributed by atoms with Crippen LogP contribution in [0.4, 0.5) is 13.2 Å². The Morgan fingerprint density at radius 1 is 0.889 bits per heavy atom. The average molecular weight is 380 g/mol. The zero-order valence-corrected chi connectivity index (χ0v) is 16.2. The van der Waals surface area contributed by atoms with E-state index in [9.17, 15) is 13.2 Å². The van der Waals surface area contributed by atoms with Gasteiger partial charge < -0.3 is 4.74 Å². The Labute approximate surface area is 161 Å². The molecule has 0 unspecified atom stereocenters. The number of hydrogen-bond acceptors (Lipinski definition) is 1. The van der Waals surface area contributed by atoms with E-state index in [1.807, 2.05) is 25.1 Å². The van der Waals surface area contributed by atoms with Gasteiger partial charge in [0.2, 0.25) is 0 Å². The summed E-state index contributed by atoms with van der Waals surface area (Å²) in [5.74, 6) is -0.775. The fraction of sp³-hybridized carbons (Fsp3) is 0.652. The van der Waals surface area contributed by atoms with Crippen LogP contribution in [0.5, 0.6) is 0 Å². The number of hydrogen-bond donors (Lipinski definition) is 0. The predicted molar refractivity (Wildman–Crippen MR) is 103 cm³/mol. The molecule has 2 aliphatic rings. The molecule has 1 aromatic carbocycles. The third-order valence-electron chi connectivity index (χ3n) is 6.37. The van der Waals surface area contributed by atoms with Crippen LogP contribution in [0.25, 0.3) is 0 Å². The van der Waals surface area contributed by atoms with Crippen LogP contribution < -0.4 is 0 Å². The van der Waals surface area contributed by atoms with Gasteiger partial charge in [-0.05, 0) is 87.2 Å². The van der Waals surface area contributed by atoms with Gasteiger partial charge in [-0.15, -0.1) is 0 Å². The van der Waals surface area contributed by atoms with Gasteiger partial charge in [-0.25, -0.2) is 13.2 Å². The molecule has 0 amide bonds. The van der Waals surface area contributed by atoms with Gasteiger partial charge in [0.15, 0.2) is 11.6 Å². The van der Waals surface area contributed by atoms with Crippen molar-refractivity contribution in [3.05, 3.63) is 47.0 Å². The molecule has 1 aromatic rings. The number of allylic oxidation sites excluding steroid dienone is 2. The van der Waals surface area contributed by atoms with Crippen molar-refractivity contribution in [1.29, 1.82) is 0 Å². The van der Waals surface area contributed by atoms with E-state index in [1.165, 1.54) is 0 Å². The van der Waals surface area contributed by atoms with Gasteiger partial charge in [0.25, 0.3) is 0 Å². The largest absolute Gasteiger partial charge is 0.379 e. The van der Waals surface area contributed by atoms with Crippen molar-refractivity contribution in [2.45, 2.75) is 76.2 Å². The Morgan fingerprint density at radius 2 is 1.41 bits per heavy atom. The summed E-state index contributed by atoms with van der Waals surface area (Å²) in [6.07, 6.45) is 10.8. The Morgan fingerprint density at radius 3 is 1.89 bits per heavy atom. The van der Waals surface area contributed by atoms with Gasteiger partial charge in [-0.2, -0.15) is 0 Å². The lowest BCUT2D eigenvalue weighted by atomic mass is 9.77. The maximum Gasteiger partial charge on any atom is 0.162 e. The maximum absolute atomic E-state index is 14.8. The molecule has 0 aromatic heterocycles. The number of rotatable bonds is 6. The first kappa shape index (κ1) is 20.4. The predicted octanol–water partition coefficient (Wildman–Crippen LogP) is 6.83. The molecular weight excluding hydrogens is 349 g/mol.